The second-order valence-electron chi connectivity index (χ2n) is 10.6. The van der Waals surface area contributed by atoms with Gasteiger partial charge in [-0.1, -0.05) is 78.1 Å². The van der Waals surface area contributed by atoms with Crippen LogP contribution in [-0.4, -0.2) is 35.1 Å². The van der Waals surface area contributed by atoms with E-state index in [9.17, 15) is 0 Å². The van der Waals surface area contributed by atoms with E-state index in [1.54, 1.807) is 0 Å². The van der Waals surface area contributed by atoms with Crippen molar-refractivity contribution in [3.63, 3.8) is 0 Å². The van der Waals surface area contributed by atoms with Gasteiger partial charge in [-0.15, -0.1) is 5.10 Å². The van der Waals surface area contributed by atoms with Gasteiger partial charge in [0.25, 0.3) is 0 Å². The highest BCUT2D eigenvalue weighted by Crippen LogP contribution is 2.38. The van der Waals surface area contributed by atoms with Crippen LogP contribution in [0.4, 0.5) is 0 Å². The molecule has 1 aliphatic heterocycles. The largest absolute Gasteiger partial charge is 0.355 e. The molecule has 0 atom stereocenters. The number of hydrogen-bond donors (Lipinski definition) is 2. The van der Waals surface area contributed by atoms with Gasteiger partial charge >= 0.3 is 0 Å². The molecule has 0 bridgehead atoms. The maximum absolute atomic E-state index is 5.16. The Kier molecular flexibility index (Phi) is 13.5. The Hall–Kier alpha value is -0.930. The van der Waals surface area contributed by atoms with Crippen molar-refractivity contribution in [1.82, 2.24) is 15.6 Å². The van der Waals surface area contributed by atoms with Gasteiger partial charge in [-0.25, -0.2) is 0 Å². The van der Waals surface area contributed by atoms with Crippen molar-refractivity contribution in [3.8, 4) is 0 Å². The summed E-state index contributed by atoms with van der Waals surface area (Å²) in [7, 11) is 0. The van der Waals surface area contributed by atoms with E-state index >= 15 is 0 Å². The number of guanidine groups is 1. The van der Waals surface area contributed by atoms with Crippen LogP contribution in [0.25, 0.3) is 0 Å². The summed E-state index contributed by atoms with van der Waals surface area (Å²) in [5.74, 6) is 0.986. The van der Waals surface area contributed by atoms with Crippen LogP contribution in [0.2, 0.25) is 0 Å². The lowest BCUT2D eigenvalue weighted by molar-refractivity contribution is -0.0254. The van der Waals surface area contributed by atoms with Crippen LogP contribution in [0.5, 0.6) is 0 Å². The Morgan fingerprint density at radius 1 is 0.667 bits per heavy atom. The van der Waals surface area contributed by atoms with Gasteiger partial charge in [-0.3, -0.25) is 5.01 Å². The number of hydrogen-bond acceptors (Lipinski definition) is 2. The summed E-state index contributed by atoms with van der Waals surface area (Å²) in [6.07, 6.45) is 19.7. The van der Waals surface area contributed by atoms with E-state index in [0.717, 1.165) is 19.0 Å². The Morgan fingerprint density at radius 3 is 1.50 bits per heavy atom. The normalized spacial score (nSPS) is 17.6. The van der Waals surface area contributed by atoms with Gasteiger partial charge in [0, 0.05) is 13.1 Å². The van der Waals surface area contributed by atoms with Gasteiger partial charge in [0.1, 0.15) is 0 Å². The number of unbranched alkanes of at least 4 members (excludes halogenated alkanes) is 10. The number of nitrogens with one attached hydrogen (secondary N) is 2. The third-order valence-corrected chi connectivity index (χ3v) is 6.57. The molecule has 4 heteroatoms. The predicted octanol–water partition coefficient (Wildman–Crippen LogP) is 7.20. The van der Waals surface area contributed by atoms with Crippen molar-refractivity contribution in [3.05, 3.63) is 0 Å². The van der Waals surface area contributed by atoms with Gasteiger partial charge in [0.15, 0.2) is 0 Å². The van der Waals surface area contributed by atoms with Gasteiger partial charge in [0.05, 0.1) is 11.1 Å². The predicted molar refractivity (Wildman–Crippen MR) is 134 cm³/mol. The lowest BCUT2D eigenvalue weighted by atomic mass is 9.82. The first-order valence-corrected chi connectivity index (χ1v) is 13.2. The molecule has 1 saturated heterocycles. The van der Waals surface area contributed by atoms with E-state index in [4.69, 9.17) is 5.10 Å². The molecule has 4 nitrogen and oxygen atoms in total. The highest BCUT2D eigenvalue weighted by atomic mass is 15.6. The molecule has 178 valence electrons. The Labute approximate surface area is 189 Å². The molecule has 0 radical (unpaired) electrons. The molecule has 1 heterocycles. The van der Waals surface area contributed by atoms with Crippen LogP contribution in [0.1, 0.15) is 138 Å². The van der Waals surface area contributed by atoms with E-state index in [1.807, 2.05) is 0 Å². The van der Waals surface area contributed by atoms with E-state index < -0.39 is 0 Å². The van der Waals surface area contributed by atoms with E-state index in [-0.39, 0.29) is 11.1 Å². The molecular formula is C26H54N4. The van der Waals surface area contributed by atoms with Crippen molar-refractivity contribution >= 4 is 5.96 Å². The minimum absolute atomic E-state index is 0.108. The number of hydrazone groups is 1. The smallest absolute Gasteiger partial charge is 0.213 e. The molecule has 1 fully saturated rings. The molecule has 0 saturated carbocycles. The Morgan fingerprint density at radius 2 is 1.07 bits per heavy atom. The monoisotopic (exact) mass is 422 g/mol. The summed E-state index contributed by atoms with van der Waals surface area (Å²) >= 11 is 0. The van der Waals surface area contributed by atoms with E-state index in [1.165, 1.54) is 96.3 Å². The SMILES string of the molecule is CCCCCCCCNC(=NN1C(C)(C)CCCC1(C)C)NCCCCCCCC. The molecule has 0 aromatic heterocycles. The summed E-state index contributed by atoms with van der Waals surface area (Å²) in [4.78, 5) is 0. The fourth-order valence-corrected chi connectivity index (χ4v) is 4.71. The fraction of sp³-hybridized carbons (Fsp3) is 0.962. The molecular weight excluding hydrogens is 368 g/mol. The van der Waals surface area contributed by atoms with Crippen LogP contribution < -0.4 is 10.6 Å². The molecule has 1 aliphatic rings. The molecule has 2 N–H and O–H groups in total. The van der Waals surface area contributed by atoms with Crippen molar-refractivity contribution in [2.24, 2.45) is 5.10 Å². The summed E-state index contributed by atoms with van der Waals surface area (Å²) in [5, 5.41) is 14.8. The molecule has 0 spiro atoms. The van der Waals surface area contributed by atoms with Crippen LogP contribution in [0.15, 0.2) is 5.10 Å². The minimum atomic E-state index is 0.108. The first-order valence-electron chi connectivity index (χ1n) is 13.2. The maximum atomic E-state index is 5.16. The Balaban J connectivity index is 2.58. The average molecular weight is 423 g/mol. The second-order valence-corrected chi connectivity index (χ2v) is 10.6. The molecule has 1 rings (SSSR count). The molecule has 0 unspecified atom stereocenters. The highest BCUT2D eigenvalue weighted by molar-refractivity contribution is 5.79. The zero-order valence-electron chi connectivity index (χ0n) is 21.4. The average Bonchev–Trinajstić information content (AvgIpc) is 2.68. The minimum Gasteiger partial charge on any atom is -0.355 e. The summed E-state index contributed by atoms with van der Waals surface area (Å²) in [6.45, 7) is 16.0. The zero-order valence-corrected chi connectivity index (χ0v) is 21.4. The third kappa shape index (κ3) is 10.9. The van der Waals surface area contributed by atoms with Gasteiger partial charge in [0.2, 0.25) is 5.96 Å². The van der Waals surface area contributed by atoms with Crippen LogP contribution in [0, 0.1) is 0 Å². The molecule has 0 amide bonds. The van der Waals surface area contributed by atoms with Crippen molar-refractivity contribution in [2.45, 2.75) is 149 Å². The summed E-state index contributed by atoms with van der Waals surface area (Å²) < 4.78 is 0. The number of piperidine rings is 1. The fourth-order valence-electron chi connectivity index (χ4n) is 4.71. The van der Waals surface area contributed by atoms with Crippen LogP contribution in [-0.2, 0) is 0 Å². The summed E-state index contributed by atoms with van der Waals surface area (Å²) in [5.41, 5.74) is 0.216. The van der Waals surface area contributed by atoms with Gasteiger partial charge < -0.3 is 10.6 Å². The zero-order chi connectivity index (χ0) is 22.3. The number of rotatable bonds is 15. The lowest BCUT2D eigenvalue weighted by Crippen LogP contribution is -2.57. The maximum Gasteiger partial charge on any atom is 0.213 e. The molecule has 0 aromatic rings. The number of nitrogens with zero attached hydrogens (tertiary/aromatic N) is 2. The van der Waals surface area contributed by atoms with E-state index in [0.29, 0.717) is 0 Å². The first kappa shape index (κ1) is 27.1. The Bertz CT molecular complexity index is 420. The van der Waals surface area contributed by atoms with Crippen molar-refractivity contribution < 1.29 is 0 Å². The quantitative estimate of drug-likeness (QED) is 0.166. The third-order valence-electron chi connectivity index (χ3n) is 6.57. The summed E-state index contributed by atoms with van der Waals surface area (Å²) in [6, 6.07) is 0. The lowest BCUT2D eigenvalue weighted by Gasteiger charge is -2.51. The molecule has 0 aliphatic carbocycles. The second kappa shape index (κ2) is 15.0. The van der Waals surface area contributed by atoms with E-state index in [2.05, 4.69) is 57.2 Å². The van der Waals surface area contributed by atoms with Crippen molar-refractivity contribution in [2.75, 3.05) is 13.1 Å². The van der Waals surface area contributed by atoms with Crippen molar-refractivity contribution in [1.29, 1.82) is 0 Å². The topological polar surface area (TPSA) is 39.7 Å². The standard InChI is InChI=1S/C26H54N4/c1-7-9-11-13-15-17-22-27-24(28-23-18-16-14-12-10-8-2)29-30-25(3,4)20-19-21-26(30,5)6/h7-23H2,1-6H3,(H2,27,28,29). The van der Waals surface area contributed by atoms with Gasteiger partial charge in [-0.05, 0) is 59.8 Å². The molecule has 0 aromatic carbocycles. The first-order chi connectivity index (χ1) is 14.3. The van der Waals surface area contributed by atoms with Gasteiger partial charge in [-0.2, -0.15) is 0 Å². The highest BCUT2D eigenvalue weighted by Gasteiger charge is 2.41. The molecule has 30 heavy (non-hydrogen) atoms. The van der Waals surface area contributed by atoms with Crippen LogP contribution >= 0.6 is 0 Å². The van der Waals surface area contributed by atoms with Crippen LogP contribution in [0.3, 0.4) is 0 Å².